The van der Waals surface area contributed by atoms with E-state index in [-0.39, 0.29) is 13.1 Å². The first-order valence-electron chi connectivity index (χ1n) is 11.3. The van der Waals surface area contributed by atoms with Crippen molar-refractivity contribution in [2.24, 2.45) is 0 Å². The van der Waals surface area contributed by atoms with E-state index in [0.717, 1.165) is 35.1 Å². The molecule has 0 saturated carbocycles. The van der Waals surface area contributed by atoms with Crippen LogP contribution in [0.2, 0.25) is 0 Å². The van der Waals surface area contributed by atoms with Crippen molar-refractivity contribution in [3.05, 3.63) is 48.0 Å². The molecule has 2 aromatic carbocycles. The van der Waals surface area contributed by atoms with Crippen LogP contribution in [-0.2, 0) is 4.79 Å². The summed E-state index contributed by atoms with van der Waals surface area (Å²) in [6.45, 7) is 6.37. The topological polar surface area (TPSA) is 89.8 Å². The quantitative estimate of drug-likeness (QED) is 0.612. The highest BCUT2D eigenvalue weighted by Gasteiger charge is 2.27. The van der Waals surface area contributed by atoms with E-state index in [2.05, 4.69) is 4.90 Å². The molecular weight excluding hydrogens is 404 g/mol. The average Bonchev–Trinajstić information content (AvgIpc) is 2.81. The first-order valence-corrected chi connectivity index (χ1v) is 11.3. The van der Waals surface area contributed by atoms with Crippen molar-refractivity contribution in [2.75, 3.05) is 31.1 Å². The molecule has 1 amide bonds. The van der Waals surface area contributed by atoms with E-state index in [1.807, 2.05) is 44.2 Å². The second-order valence-corrected chi connectivity index (χ2v) is 8.38. The van der Waals surface area contributed by atoms with Gasteiger partial charge in [-0.05, 0) is 43.2 Å². The number of para-hydroxylation sites is 1. The maximum absolute atomic E-state index is 12.6. The number of unbranched alkanes of at least 4 members (excludes halogenated alkanes) is 1. The Labute approximate surface area is 189 Å². The number of aryl methyl sites for hydroxylation is 1. The van der Waals surface area contributed by atoms with Gasteiger partial charge < -0.3 is 20.0 Å². The maximum atomic E-state index is 12.6. The summed E-state index contributed by atoms with van der Waals surface area (Å²) in [6.07, 6.45) is 1.39. The predicted molar refractivity (Wildman–Crippen MR) is 128 cm³/mol. The van der Waals surface area contributed by atoms with Crippen molar-refractivity contribution in [3.63, 3.8) is 0 Å². The number of aromatic nitrogens is 2. The third kappa shape index (κ3) is 4.53. The Balaban J connectivity index is 0.00000306. The molecule has 0 spiro atoms. The second kappa shape index (κ2) is 9.53. The second-order valence-electron chi connectivity index (χ2n) is 8.38. The monoisotopic (exact) mass is 436 g/mol. The van der Waals surface area contributed by atoms with Crippen LogP contribution in [0.25, 0.3) is 22.3 Å². The largest absolute Gasteiger partial charge is 0.507 e. The summed E-state index contributed by atoms with van der Waals surface area (Å²) in [5, 5.41) is 21.5. The number of benzene rings is 2. The van der Waals surface area contributed by atoms with E-state index in [1.165, 1.54) is 0 Å². The Morgan fingerprint density at radius 2 is 1.88 bits per heavy atom. The zero-order chi connectivity index (χ0) is 22.7. The Kier molecular flexibility index (Phi) is 6.55. The Morgan fingerprint density at radius 1 is 1.12 bits per heavy atom. The number of phenols is 1. The van der Waals surface area contributed by atoms with E-state index in [0.29, 0.717) is 44.0 Å². The van der Waals surface area contributed by atoms with Gasteiger partial charge in [0, 0.05) is 33.0 Å². The lowest BCUT2D eigenvalue weighted by Crippen LogP contribution is -2.51. The first kappa shape index (κ1) is 22.0. The Bertz CT molecular complexity index is 1120. The van der Waals surface area contributed by atoms with Crippen molar-refractivity contribution in [2.45, 2.75) is 39.2 Å². The lowest BCUT2D eigenvalue weighted by molar-refractivity contribution is -0.140. The molecule has 1 saturated heterocycles. The minimum Gasteiger partial charge on any atom is -0.507 e. The summed E-state index contributed by atoms with van der Waals surface area (Å²) < 4.78 is 0. The summed E-state index contributed by atoms with van der Waals surface area (Å²) in [5.41, 5.74) is 2.51. The van der Waals surface area contributed by atoms with Gasteiger partial charge in [-0.15, -0.1) is 0 Å². The molecule has 7 nitrogen and oxygen atoms in total. The zero-order valence-corrected chi connectivity index (χ0v) is 18.7. The minimum absolute atomic E-state index is 0. The number of aromatic hydroxyl groups is 1. The van der Waals surface area contributed by atoms with E-state index in [4.69, 9.17) is 9.97 Å². The van der Waals surface area contributed by atoms with Gasteiger partial charge in [0.2, 0.25) is 0 Å². The lowest BCUT2D eigenvalue weighted by atomic mass is 10.1. The number of aliphatic hydroxyl groups is 1. The Morgan fingerprint density at radius 3 is 2.59 bits per heavy atom. The highest BCUT2D eigenvalue weighted by molar-refractivity contribution is 5.92. The average molecular weight is 437 g/mol. The summed E-state index contributed by atoms with van der Waals surface area (Å²) in [6, 6.07) is 13.2. The SMILES string of the molecule is CCCCC(O)C(=O)N1CCN(c2nc(-c3ccccc3O)nc3cc(C)ccc23)CC1.[HH]. The fourth-order valence-electron chi connectivity index (χ4n) is 4.12. The minimum atomic E-state index is -0.919. The number of phenolic OH excluding ortho intramolecular Hbond substituents is 1. The van der Waals surface area contributed by atoms with Crippen LogP contribution < -0.4 is 4.90 Å². The van der Waals surface area contributed by atoms with Gasteiger partial charge in [-0.2, -0.15) is 0 Å². The standard InChI is InChI=1S/C25H30N4O3.H2/c1-3-4-8-22(31)25(32)29-14-12-28(13-15-29)24-18-11-10-17(2)16-20(18)26-23(27-24)19-7-5-6-9-21(19)30;/h5-7,9-11,16,22,30-31H,3-4,8,12-15H2,1-2H3;1H. The van der Waals surface area contributed by atoms with Crippen LogP contribution in [-0.4, -0.2) is 63.3 Å². The first-order chi connectivity index (χ1) is 15.5. The third-order valence-corrected chi connectivity index (χ3v) is 5.98. The summed E-state index contributed by atoms with van der Waals surface area (Å²) in [7, 11) is 0. The molecule has 1 aliphatic heterocycles. The molecule has 0 radical (unpaired) electrons. The van der Waals surface area contributed by atoms with Gasteiger partial charge in [-0.1, -0.05) is 38.0 Å². The summed E-state index contributed by atoms with van der Waals surface area (Å²) in [4.78, 5) is 26.0. The molecule has 1 aromatic heterocycles. The number of hydrogen-bond acceptors (Lipinski definition) is 6. The molecule has 1 atom stereocenters. The van der Waals surface area contributed by atoms with Gasteiger partial charge >= 0.3 is 0 Å². The molecule has 2 heterocycles. The Hall–Kier alpha value is -3.19. The number of anilines is 1. The van der Waals surface area contributed by atoms with Crippen molar-refractivity contribution < 1.29 is 16.4 Å². The number of amides is 1. The van der Waals surface area contributed by atoms with Crippen LogP contribution in [0.5, 0.6) is 5.75 Å². The van der Waals surface area contributed by atoms with Crippen molar-refractivity contribution in [3.8, 4) is 17.1 Å². The van der Waals surface area contributed by atoms with Crippen LogP contribution in [0.3, 0.4) is 0 Å². The number of aliphatic hydroxyl groups excluding tert-OH is 1. The molecule has 1 aliphatic rings. The summed E-state index contributed by atoms with van der Waals surface area (Å²) >= 11 is 0. The fraction of sp³-hybridized carbons (Fsp3) is 0.400. The van der Waals surface area contributed by atoms with Crippen LogP contribution in [0, 0.1) is 6.92 Å². The van der Waals surface area contributed by atoms with Gasteiger partial charge in [-0.25, -0.2) is 9.97 Å². The van der Waals surface area contributed by atoms with Crippen LogP contribution >= 0.6 is 0 Å². The molecule has 1 fully saturated rings. The number of rotatable bonds is 6. The molecule has 1 unspecified atom stereocenters. The molecule has 32 heavy (non-hydrogen) atoms. The number of carbonyl (C=O) groups is 1. The van der Waals surface area contributed by atoms with Crippen LogP contribution in [0.15, 0.2) is 42.5 Å². The van der Waals surface area contributed by atoms with Crippen LogP contribution in [0.4, 0.5) is 5.82 Å². The van der Waals surface area contributed by atoms with Gasteiger partial charge in [0.1, 0.15) is 17.7 Å². The van der Waals surface area contributed by atoms with E-state index >= 15 is 0 Å². The third-order valence-electron chi connectivity index (χ3n) is 5.98. The molecule has 7 heteroatoms. The van der Waals surface area contributed by atoms with Gasteiger partial charge in [0.25, 0.3) is 5.91 Å². The molecule has 0 bridgehead atoms. The molecule has 3 aromatic rings. The number of hydrogen-bond donors (Lipinski definition) is 2. The lowest BCUT2D eigenvalue weighted by Gasteiger charge is -2.36. The molecule has 2 N–H and O–H groups in total. The van der Waals surface area contributed by atoms with Crippen LogP contribution in [0.1, 0.15) is 33.2 Å². The van der Waals surface area contributed by atoms with Gasteiger partial charge in [0.15, 0.2) is 5.82 Å². The highest BCUT2D eigenvalue weighted by atomic mass is 16.3. The number of fused-ring (bicyclic) bond motifs is 1. The van der Waals surface area contributed by atoms with Crippen molar-refractivity contribution in [1.82, 2.24) is 14.9 Å². The summed E-state index contributed by atoms with van der Waals surface area (Å²) in [5.74, 6) is 1.23. The van der Waals surface area contributed by atoms with Gasteiger partial charge in [0.05, 0.1) is 11.1 Å². The van der Waals surface area contributed by atoms with Crippen molar-refractivity contribution >= 4 is 22.6 Å². The fourth-order valence-corrected chi connectivity index (χ4v) is 4.12. The molecule has 0 aliphatic carbocycles. The van der Waals surface area contributed by atoms with E-state index < -0.39 is 6.10 Å². The smallest absolute Gasteiger partial charge is 0.251 e. The number of piperazine rings is 1. The van der Waals surface area contributed by atoms with Gasteiger partial charge in [-0.3, -0.25) is 4.79 Å². The molecule has 4 rings (SSSR count). The predicted octanol–water partition coefficient (Wildman–Crippen LogP) is 3.76. The van der Waals surface area contributed by atoms with Crippen molar-refractivity contribution in [1.29, 1.82) is 0 Å². The van der Waals surface area contributed by atoms with E-state index in [9.17, 15) is 15.0 Å². The number of nitrogens with zero attached hydrogens (tertiary/aromatic N) is 4. The zero-order valence-electron chi connectivity index (χ0n) is 18.7. The molecular formula is C25H32N4O3. The van der Waals surface area contributed by atoms with E-state index in [1.54, 1.807) is 17.0 Å². The molecule has 170 valence electrons. The normalized spacial score (nSPS) is 15.2. The highest BCUT2D eigenvalue weighted by Crippen LogP contribution is 2.32. The maximum Gasteiger partial charge on any atom is 0.251 e. The number of carbonyl (C=O) groups excluding carboxylic acids is 1.